The van der Waals surface area contributed by atoms with Gasteiger partial charge in [-0.2, -0.15) is 47.0 Å². The fourth-order valence-electron chi connectivity index (χ4n) is 19.7. The first kappa shape index (κ1) is 113. The van der Waals surface area contributed by atoms with Crippen molar-refractivity contribution in [2.45, 2.75) is 411 Å². The maximum atomic E-state index is 12.9. The number of amides is 10. The van der Waals surface area contributed by atoms with E-state index in [1.807, 2.05) is 92.1 Å². The number of carboxylic acid groups (broad SMARTS) is 1. The number of aromatic carboxylic acids is 1. The lowest BCUT2D eigenvalue weighted by molar-refractivity contribution is -0.156. The number of hydrogen-bond donors (Lipinski definition) is 11. The summed E-state index contributed by atoms with van der Waals surface area (Å²) in [6, 6.07) is 17.1. The molecule has 11 N–H and O–H groups in total. The molecule has 0 aliphatic carbocycles. The van der Waals surface area contributed by atoms with Crippen LogP contribution < -0.4 is 53.2 Å². The molecule has 8 aliphatic heterocycles. The van der Waals surface area contributed by atoms with Crippen LogP contribution in [0.25, 0.3) is 0 Å². The van der Waals surface area contributed by atoms with Gasteiger partial charge < -0.3 is 77.2 Å². The second-order valence-corrected chi connectivity index (χ2v) is 45.0. The van der Waals surface area contributed by atoms with E-state index in [4.69, 9.17) is 18.9 Å². The molecule has 0 aromatic heterocycles. The molecule has 766 valence electrons. The van der Waals surface area contributed by atoms with Crippen LogP contribution in [0.4, 0.5) is 19.2 Å². The lowest BCUT2D eigenvalue weighted by atomic mass is 10.0. The van der Waals surface area contributed by atoms with E-state index < -0.39 is 11.6 Å². The third-order valence-corrected chi connectivity index (χ3v) is 33.4. The SMILES string of the molecule is CC(C)(C)OC(=O)CCOCCOCCOCCNC(=O)c1ccc(CN(CCCCCCCCCC(=O)CCCCC2SCC3NC(=O)NC32)CCCCCCCCNC(=O)CCCCC2SCC3NC(=O)NC32)cc1.O=C(CCCCCCCCCN(CCCCCCCCCC(=O)CCCCC1SCC2NC(=O)NC21)Cc1ccc(C(=O)O)cc1)CCCCC1SCC2NC(=O)NC21. The Kier molecular flexibility index (Phi) is 55.3. The first-order valence-corrected chi connectivity index (χ1v) is 56.9. The number of ether oxygens (including phenoxy) is 4. The Balaban J connectivity index is 0.000000316. The largest absolute Gasteiger partial charge is 0.478 e. The highest BCUT2D eigenvalue weighted by Crippen LogP contribution is 2.38. The van der Waals surface area contributed by atoms with Gasteiger partial charge in [-0.3, -0.25) is 38.6 Å². The number of fused-ring (bicyclic) bond motifs is 4. The summed E-state index contributed by atoms with van der Waals surface area (Å²) in [6.07, 6.45) is 48.0. The Morgan fingerprint density at radius 2 is 0.632 bits per heavy atom. The summed E-state index contributed by atoms with van der Waals surface area (Å²) in [5.74, 6) is 3.95. The van der Waals surface area contributed by atoms with Crippen LogP contribution in [0.15, 0.2) is 48.5 Å². The summed E-state index contributed by atoms with van der Waals surface area (Å²) in [7, 11) is 0. The van der Waals surface area contributed by atoms with Gasteiger partial charge in [-0.25, -0.2) is 24.0 Å². The van der Waals surface area contributed by atoms with E-state index in [0.29, 0.717) is 134 Å². The zero-order valence-corrected chi connectivity index (χ0v) is 85.9. The van der Waals surface area contributed by atoms with E-state index >= 15 is 0 Å². The van der Waals surface area contributed by atoms with Gasteiger partial charge in [0.25, 0.3) is 5.91 Å². The molecule has 8 saturated heterocycles. The van der Waals surface area contributed by atoms with Crippen LogP contribution in [0.3, 0.4) is 0 Å². The summed E-state index contributed by atoms with van der Waals surface area (Å²) in [5, 5.41) is 41.4. The Morgan fingerprint density at radius 1 is 0.338 bits per heavy atom. The second-order valence-electron chi connectivity index (χ2n) is 39.9. The van der Waals surface area contributed by atoms with Crippen LogP contribution in [0.5, 0.6) is 0 Å². The fraction of sp³-hybridized carbons (Fsp3) is 0.779. The minimum atomic E-state index is -0.891. The van der Waals surface area contributed by atoms with Gasteiger partial charge in [0, 0.05) is 121 Å². The number of nitrogens with one attached hydrogen (secondary N) is 10. The highest BCUT2D eigenvalue weighted by atomic mass is 32.2. The first-order valence-electron chi connectivity index (χ1n) is 52.7. The third kappa shape index (κ3) is 46.6. The summed E-state index contributed by atoms with van der Waals surface area (Å²) in [5.41, 5.74) is 2.80. The summed E-state index contributed by atoms with van der Waals surface area (Å²) < 4.78 is 21.9. The molecule has 8 aliphatic rings. The molecule has 0 radical (unpaired) electrons. The fourth-order valence-corrected chi connectivity index (χ4v) is 25.9. The van der Waals surface area contributed by atoms with Crippen molar-refractivity contribution in [2.75, 3.05) is 102 Å². The molecule has 10 amide bonds. The van der Waals surface area contributed by atoms with E-state index in [-0.39, 0.29) is 103 Å². The highest BCUT2D eigenvalue weighted by molar-refractivity contribution is 8.01. The maximum Gasteiger partial charge on any atom is 0.335 e. The maximum absolute atomic E-state index is 12.9. The van der Waals surface area contributed by atoms with E-state index in [0.717, 1.165) is 228 Å². The van der Waals surface area contributed by atoms with Gasteiger partial charge in [-0.1, -0.05) is 172 Å². The second kappa shape index (κ2) is 66.4. The molecular weight excluding hydrogens is 1800 g/mol. The molecule has 0 bridgehead atoms. The zero-order valence-electron chi connectivity index (χ0n) is 82.6. The minimum absolute atomic E-state index is 0.0363. The quantitative estimate of drug-likeness (QED) is 0.0166. The predicted molar refractivity (Wildman–Crippen MR) is 548 cm³/mol. The molecule has 2 aromatic rings. The summed E-state index contributed by atoms with van der Waals surface area (Å²) >= 11 is 7.75. The average molecular weight is 1970 g/mol. The summed E-state index contributed by atoms with van der Waals surface area (Å²) in [6.45, 7) is 14.8. The Labute approximate surface area is 830 Å². The average Bonchev–Trinajstić information content (AvgIpc) is 1.68. The summed E-state index contributed by atoms with van der Waals surface area (Å²) in [4.78, 5) is 137. The number of benzene rings is 2. The number of thioether (sulfide) groups is 4. The van der Waals surface area contributed by atoms with E-state index in [1.165, 1.54) is 102 Å². The molecule has 2 aromatic carbocycles. The Bertz CT molecular complexity index is 3680. The molecule has 32 heteroatoms. The van der Waals surface area contributed by atoms with Crippen LogP contribution in [0.2, 0.25) is 0 Å². The van der Waals surface area contributed by atoms with Crippen LogP contribution >= 0.6 is 47.0 Å². The molecule has 28 nitrogen and oxygen atoms in total. The number of rotatable bonds is 77. The first-order chi connectivity index (χ1) is 66.1. The van der Waals surface area contributed by atoms with Crippen LogP contribution in [-0.4, -0.2) is 257 Å². The van der Waals surface area contributed by atoms with Gasteiger partial charge >= 0.3 is 36.1 Å². The minimum Gasteiger partial charge on any atom is -0.478 e. The van der Waals surface area contributed by atoms with Gasteiger partial charge in [-0.05, 0) is 185 Å². The van der Waals surface area contributed by atoms with Gasteiger partial charge in [0.1, 0.15) is 23.0 Å². The smallest absolute Gasteiger partial charge is 0.335 e. The lowest BCUT2D eigenvalue weighted by Crippen LogP contribution is -2.36. The van der Waals surface area contributed by atoms with Crippen molar-refractivity contribution in [3.05, 3.63) is 70.8 Å². The van der Waals surface area contributed by atoms with Crippen LogP contribution in [-0.2, 0) is 56.0 Å². The molecule has 8 heterocycles. The number of carbonyl (C=O) groups excluding carboxylic acids is 10. The highest BCUT2D eigenvalue weighted by Gasteiger charge is 2.46. The van der Waals surface area contributed by atoms with Gasteiger partial charge in [-0.15, -0.1) is 0 Å². The van der Waals surface area contributed by atoms with Crippen molar-refractivity contribution < 1.29 is 76.8 Å². The number of nitrogens with zero attached hydrogens (tertiary/aromatic N) is 2. The van der Waals surface area contributed by atoms with E-state index in [9.17, 15) is 57.8 Å². The third-order valence-electron chi connectivity index (χ3n) is 27.4. The molecule has 10 rings (SSSR count). The van der Waals surface area contributed by atoms with Crippen molar-refractivity contribution in [3.63, 3.8) is 0 Å². The van der Waals surface area contributed by atoms with Gasteiger partial charge in [0.05, 0.1) is 100.0 Å². The molecule has 12 atom stereocenters. The van der Waals surface area contributed by atoms with Crippen molar-refractivity contribution in [1.82, 2.24) is 63.0 Å². The molecule has 136 heavy (non-hydrogen) atoms. The number of hydrogen-bond acceptors (Lipinski definition) is 21. The van der Waals surface area contributed by atoms with Gasteiger partial charge in [0.15, 0.2) is 0 Å². The number of ketones is 3. The van der Waals surface area contributed by atoms with Crippen molar-refractivity contribution in [2.24, 2.45) is 0 Å². The van der Waals surface area contributed by atoms with Gasteiger partial charge in [0.2, 0.25) is 5.91 Å². The van der Waals surface area contributed by atoms with Crippen molar-refractivity contribution in [1.29, 1.82) is 0 Å². The zero-order chi connectivity index (χ0) is 96.6. The Morgan fingerprint density at radius 3 is 0.971 bits per heavy atom. The number of esters is 1. The number of unbranched alkanes of at least 4 members (excludes halogenated alkanes) is 27. The molecule has 0 saturated carbocycles. The standard InChI is InChI=1S/C58H97N7O10S2.C46H73N5O6S2/c1-58(2,3)75-52(68)30-35-72-37-39-74-40-38-73-36-32-60-55(69)45-28-26-44(27-29-45)41-65(33-19-11-7-4-5-9-13-21-46(66)22-14-15-23-49-53-47(42-76-49)61-56(70)63-53)34-20-12-8-6-10-18-31-59-51(67)25-17-16-24-50-54-48(43-77-50)62-57(71)64-54;52-36(21-13-15-23-40-42-38(32-58-40)47-45(56)49-42)19-11-7-3-1-5-9-17-29-51(31-34-25-27-35(28-26-34)44(54)55)30-18-10-6-2-4-8-12-20-37(53)22-14-16-24-41-43-39(33-59-41)48-46(57)50-43/h26-29,47-50,53-54H,4-25,30-43H2,1-3H3,(H,59,67)(H,60,69)(H2,61,63,70)(H2,62,64,71);25-28,38-43H,1-24,29-33H2,(H,54,55)(H2,47,49,56)(H2,48,50,57). The number of Topliss-reactive ketones (excluding diaryl/α,β-unsaturated/α-hetero) is 3. The molecule has 12 unspecified atom stereocenters. The number of carboxylic acids is 1. The monoisotopic (exact) mass is 1970 g/mol. The van der Waals surface area contributed by atoms with Crippen LogP contribution in [0, 0.1) is 0 Å². The lowest BCUT2D eigenvalue weighted by Gasteiger charge is -2.23. The Hall–Kier alpha value is -6.39. The topological polar surface area (TPSA) is 372 Å². The number of urea groups is 4. The normalized spacial score (nSPS) is 21.7. The number of carbonyl (C=O) groups is 11. The van der Waals surface area contributed by atoms with Crippen molar-refractivity contribution >= 4 is 112 Å². The predicted octanol–water partition coefficient (Wildman–Crippen LogP) is 17.6. The molecule has 8 fully saturated rings. The van der Waals surface area contributed by atoms with Crippen LogP contribution in [0.1, 0.15) is 354 Å². The van der Waals surface area contributed by atoms with E-state index in [1.54, 1.807) is 12.1 Å². The molecule has 0 spiro atoms. The molecular formula is C104H170N12O16S4. The van der Waals surface area contributed by atoms with E-state index in [2.05, 4.69) is 75.1 Å². The van der Waals surface area contributed by atoms with Crippen molar-refractivity contribution in [3.8, 4) is 0 Å².